The summed E-state index contributed by atoms with van der Waals surface area (Å²) in [5, 5.41) is 4.72. The van der Waals surface area contributed by atoms with Crippen molar-refractivity contribution in [2.24, 2.45) is 5.14 Å². The summed E-state index contributed by atoms with van der Waals surface area (Å²) in [6.45, 7) is -1.56. The van der Waals surface area contributed by atoms with Crippen molar-refractivity contribution >= 4 is 10.0 Å². The number of primary sulfonamides is 1. The predicted octanol–water partition coefficient (Wildman–Crippen LogP) is 0.0580. The van der Waals surface area contributed by atoms with Crippen molar-refractivity contribution in [2.45, 2.75) is 17.6 Å². The van der Waals surface area contributed by atoms with Crippen molar-refractivity contribution in [3.05, 3.63) is 28.7 Å². The Morgan fingerprint density at radius 1 is 1.31 bits per heavy atom. The third-order valence-electron chi connectivity index (χ3n) is 1.63. The van der Waals surface area contributed by atoms with E-state index in [-0.39, 0.29) is 4.57 Å². The Morgan fingerprint density at radius 2 is 1.88 bits per heavy atom. The van der Waals surface area contributed by atoms with Gasteiger partial charge in [-0.1, -0.05) is 0 Å². The lowest BCUT2D eigenvalue weighted by atomic mass is 10.4. The van der Waals surface area contributed by atoms with Gasteiger partial charge in [-0.2, -0.15) is 13.2 Å². The van der Waals surface area contributed by atoms with Crippen LogP contribution >= 0.6 is 0 Å². The average Bonchev–Trinajstić information content (AvgIpc) is 2.04. The van der Waals surface area contributed by atoms with Crippen LogP contribution in [0.2, 0.25) is 0 Å². The first kappa shape index (κ1) is 12.7. The molecule has 16 heavy (non-hydrogen) atoms. The minimum Gasteiger partial charge on any atom is -0.305 e. The second-order valence-electron chi connectivity index (χ2n) is 2.99. The number of aromatic nitrogens is 1. The molecule has 1 aromatic rings. The monoisotopic (exact) mass is 256 g/mol. The molecule has 0 unspecified atom stereocenters. The Labute approximate surface area is 88.3 Å². The average molecular weight is 256 g/mol. The Balaban J connectivity index is 3.26. The van der Waals surface area contributed by atoms with Crippen LogP contribution < -0.4 is 10.7 Å². The second-order valence-corrected chi connectivity index (χ2v) is 4.55. The van der Waals surface area contributed by atoms with E-state index in [0.29, 0.717) is 12.3 Å². The summed E-state index contributed by atoms with van der Waals surface area (Å²) in [6, 6.07) is 1.57. The standard InChI is InChI=1S/C7H7F3N2O3S/c8-7(9,10)4-12-3-5(16(11,14)15)1-2-6(12)13/h1-3H,4H2,(H2,11,14,15). The Bertz CT molecular complexity index is 547. The van der Waals surface area contributed by atoms with Crippen molar-refractivity contribution in [2.75, 3.05) is 0 Å². The fraction of sp³-hybridized carbons (Fsp3) is 0.286. The van der Waals surface area contributed by atoms with Crippen LogP contribution in [-0.2, 0) is 16.6 Å². The predicted molar refractivity (Wildman–Crippen MR) is 48.1 cm³/mol. The minimum absolute atomic E-state index is 0.236. The van der Waals surface area contributed by atoms with Crippen LogP contribution in [0.3, 0.4) is 0 Å². The summed E-state index contributed by atoms with van der Waals surface area (Å²) >= 11 is 0. The maximum atomic E-state index is 12.0. The largest absolute Gasteiger partial charge is 0.406 e. The first-order chi connectivity index (χ1) is 7.09. The van der Waals surface area contributed by atoms with E-state index in [1.165, 1.54) is 0 Å². The molecule has 0 radical (unpaired) electrons. The lowest BCUT2D eigenvalue weighted by molar-refractivity contribution is -0.141. The molecule has 0 aromatic carbocycles. The zero-order valence-corrected chi connectivity index (χ0v) is 8.55. The quantitative estimate of drug-likeness (QED) is 0.812. The Morgan fingerprint density at radius 3 is 2.31 bits per heavy atom. The number of hydrogen-bond acceptors (Lipinski definition) is 3. The minimum atomic E-state index is -4.61. The number of nitrogens with zero attached hydrogens (tertiary/aromatic N) is 1. The highest BCUT2D eigenvalue weighted by molar-refractivity contribution is 7.89. The van der Waals surface area contributed by atoms with Crippen LogP contribution in [-0.4, -0.2) is 19.2 Å². The van der Waals surface area contributed by atoms with E-state index >= 15 is 0 Å². The molecule has 2 N–H and O–H groups in total. The zero-order valence-electron chi connectivity index (χ0n) is 7.73. The first-order valence-corrected chi connectivity index (χ1v) is 5.44. The van der Waals surface area contributed by atoms with Gasteiger partial charge in [-0.25, -0.2) is 13.6 Å². The van der Waals surface area contributed by atoms with Gasteiger partial charge < -0.3 is 4.57 Å². The summed E-state index contributed by atoms with van der Waals surface area (Å²) in [5.74, 6) is 0. The molecule has 0 bridgehead atoms. The molecule has 0 saturated heterocycles. The van der Waals surface area contributed by atoms with E-state index in [0.717, 1.165) is 6.07 Å². The van der Waals surface area contributed by atoms with Crippen molar-refractivity contribution in [3.8, 4) is 0 Å². The molecule has 0 aliphatic carbocycles. The third-order valence-corrected chi connectivity index (χ3v) is 2.53. The van der Waals surface area contributed by atoms with E-state index in [9.17, 15) is 26.4 Å². The van der Waals surface area contributed by atoms with Crippen molar-refractivity contribution in [1.82, 2.24) is 4.57 Å². The van der Waals surface area contributed by atoms with Crippen LogP contribution in [0.4, 0.5) is 13.2 Å². The summed E-state index contributed by atoms with van der Waals surface area (Å²) < 4.78 is 57.9. The van der Waals surface area contributed by atoms with E-state index in [4.69, 9.17) is 5.14 Å². The molecular weight excluding hydrogens is 249 g/mol. The number of nitrogens with two attached hydrogens (primary N) is 1. The molecule has 9 heteroatoms. The molecule has 0 aliphatic heterocycles. The van der Waals surface area contributed by atoms with E-state index in [1.54, 1.807) is 0 Å². The number of pyridine rings is 1. The molecule has 1 rings (SSSR count). The Hall–Kier alpha value is -1.35. The molecule has 0 aliphatic rings. The molecular formula is C7H7F3N2O3S. The molecule has 0 amide bonds. The highest BCUT2D eigenvalue weighted by Crippen LogP contribution is 2.16. The lowest BCUT2D eigenvalue weighted by Crippen LogP contribution is -2.28. The van der Waals surface area contributed by atoms with Crippen LogP contribution in [0, 0.1) is 0 Å². The smallest absolute Gasteiger partial charge is 0.305 e. The molecule has 0 spiro atoms. The van der Waals surface area contributed by atoms with Gasteiger partial charge >= 0.3 is 6.18 Å². The normalized spacial score (nSPS) is 12.8. The number of rotatable bonds is 2. The van der Waals surface area contributed by atoms with Gasteiger partial charge in [-0.05, 0) is 6.07 Å². The van der Waals surface area contributed by atoms with Gasteiger partial charge in [-0.3, -0.25) is 4.79 Å². The van der Waals surface area contributed by atoms with E-state index in [1.807, 2.05) is 0 Å². The van der Waals surface area contributed by atoms with Crippen molar-refractivity contribution in [1.29, 1.82) is 0 Å². The van der Waals surface area contributed by atoms with E-state index in [2.05, 4.69) is 0 Å². The molecule has 1 aromatic heterocycles. The van der Waals surface area contributed by atoms with Crippen LogP contribution in [0.5, 0.6) is 0 Å². The fourth-order valence-corrected chi connectivity index (χ4v) is 1.53. The van der Waals surface area contributed by atoms with E-state index < -0.39 is 33.2 Å². The molecule has 0 atom stereocenters. The maximum Gasteiger partial charge on any atom is 0.406 e. The maximum absolute atomic E-state index is 12.0. The third kappa shape index (κ3) is 3.35. The zero-order chi connectivity index (χ0) is 12.6. The van der Waals surface area contributed by atoms with Crippen LogP contribution in [0.15, 0.2) is 28.0 Å². The van der Waals surface area contributed by atoms with Gasteiger partial charge in [0.2, 0.25) is 10.0 Å². The summed E-state index contributed by atoms with van der Waals surface area (Å²) in [5.41, 5.74) is -0.954. The van der Waals surface area contributed by atoms with Crippen molar-refractivity contribution in [3.63, 3.8) is 0 Å². The molecule has 5 nitrogen and oxygen atoms in total. The van der Waals surface area contributed by atoms with Crippen LogP contribution in [0.1, 0.15) is 0 Å². The number of alkyl halides is 3. The van der Waals surface area contributed by atoms with Crippen molar-refractivity contribution < 1.29 is 21.6 Å². The topological polar surface area (TPSA) is 82.2 Å². The summed E-state index contributed by atoms with van der Waals surface area (Å²) in [6.07, 6.45) is -4.05. The van der Waals surface area contributed by atoms with Gasteiger partial charge in [0.25, 0.3) is 5.56 Å². The molecule has 90 valence electrons. The van der Waals surface area contributed by atoms with Gasteiger partial charge in [0.1, 0.15) is 6.54 Å². The fourth-order valence-electron chi connectivity index (χ4n) is 0.994. The second kappa shape index (κ2) is 3.91. The highest BCUT2D eigenvalue weighted by Gasteiger charge is 2.28. The van der Waals surface area contributed by atoms with Gasteiger partial charge in [0.15, 0.2) is 0 Å². The number of sulfonamides is 1. The van der Waals surface area contributed by atoms with Gasteiger partial charge in [0, 0.05) is 12.3 Å². The van der Waals surface area contributed by atoms with Gasteiger partial charge in [0.05, 0.1) is 4.90 Å². The molecule has 0 saturated carbocycles. The molecule has 1 heterocycles. The molecule has 0 fully saturated rings. The first-order valence-electron chi connectivity index (χ1n) is 3.90. The summed E-state index contributed by atoms with van der Waals surface area (Å²) in [7, 11) is -4.12. The highest BCUT2D eigenvalue weighted by atomic mass is 32.2. The SMILES string of the molecule is NS(=O)(=O)c1ccc(=O)n(CC(F)(F)F)c1. The van der Waals surface area contributed by atoms with Gasteiger partial charge in [-0.15, -0.1) is 0 Å². The number of halogens is 3. The Kier molecular flexibility index (Phi) is 3.10. The lowest BCUT2D eigenvalue weighted by Gasteiger charge is -2.09. The summed E-state index contributed by atoms with van der Waals surface area (Å²) in [4.78, 5) is 10.5. The van der Waals surface area contributed by atoms with Crippen LogP contribution in [0.25, 0.3) is 0 Å². The number of hydrogen-bond donors (Lipinski definition) is 1.